The fourth-order valence-electron chi connectivity index (χ4n) is 2.79. The molecule has 1 atom stereocenters. The van der Waals surface area contributed by atoms with E-state index in [1.165, 1.54) is 12.4 Å². The van der Waals surface area contributed by atoms with Gasteiger partial charge in [-0.3, -0.25) is 9.48 Å². The van der Waals surface area contributed by atoms with Crippen LogP contribution in [-0.4, -0.2) is 35.3 Å². The topological polar surface area (TPSA) is 101 Å². The van der Waals surface area contributed by atoms with Gasteiger partial charge in [-0.25, -0.2) is 13.1 Å². The quantitative estimate of drug-likeness (QED) is 0.850. The molecule has 7 nitrogen and oxygen atoms in total. The fraction of sp³-hybridized carbons (Fsp3) is 0.692. The molecule has 118 valence electrons. The molecule has 1 aliphatic rings. The van der Waals surface area contributed by atoms with E-state index in [1.54, 1.807) is 0 Å². The van der Waals surface area contributed by atoms with Crippen LogP contribution >= 0.6 is 0 Å². The molecule has 0 saturated heterocycles. The van der Waals surface area contributed by atoms with Crippen LogP contribution in [0.5, 0.6) is 0 Å². The molecule has 0 bridgehead atoms. The largest absolute Gasteiger partial charge is 0.480 e. The average Bonchev–Trinajstić information content (AvgIpc) is 2.75. The smallest absolute Gasteiger partial charge is 0.325 e. The van der Waals surface area contributed by atoms with Crippen LogP contribution in [0.25, 0.3) is 0 Å². The van der Waals surface area contributed by atoms with Gasteiger partial charge in [-0.2, -0.15) is 5.10 Å². The minimum atomic E-state index is -3.65. The van der Waals surface area contributed by atoms with Crippen molar-refractivity contribution in [3.63, 3.8) is 0 Å². The molecule has 0 amide bonds. The maximum absolute atomic E-state index is 12.3. The highest BCUT2D eigenvalue weighted by Crippen LogP contribution is 2.35. The maximum atomic E-state index is 12.3. The van der Waals surface area contributed by atoms with Gasteiger partial charge in [0.2, 0.25) is 10.0 Å². The second-order valence-electron chi connectivity index (χ2n) is 6.35. The summed E-state index contributed by atoms with van der Waals surface area (Å²) in [7, 11) is -3.65. The van der Waals surface area contributed by atoms with E-state index >= 15 is 0 Å². The molecule has 1 aromatic rings. The zero-order valence-electron chi connectivity index (χ0n) is 12.2. The number of nitrogens with zero attached hydrogens (tertiary/aromatic N) is 2. The van der Waals surface area contributed by atoms with Gasteiger partial charge in [0.25, 0.3) is 0 Å². The van der Waals surface area contributed by atoms with E-state index in [2.05, 4.69) is 23.7 Å². The van der Waals surface area contributed by atoms with Crippen LogP contribution in [0, 0.1) is 5.41 Å². The van der Waals surface area contributed by atoms with Crippen molar-refractivity contribution in [1.29, 1.82) is 0 Å². The van der Waals surface area contributed by atoms with E-state index in [0.717, 1.165) is 30.4 Å². The van der Waals surface area contributed by atoms with Crippen LogP contribution in [0.1, 0.15) is 39.5 Å². The van der Waals surface area contributed by atoms with Crippen molar-refractivity contribution in [3.8, 4) is 0 Å². The normalized spacial score (nSPS) is 22.1. The van der Waals surface area contributed by atoms with Gasteiger partial charge in [0.1, 0.15) is 11.4 Å². The van der Waals surface area contributed by atoms with E-state index in [0.29, 0.717) is 0 Å². The Balaban J connectivity index is 2.07. The Bertz CT molecular complexity index is 621. The molecule has 1 aliphatic carbocycles. The number of carboxylic acids is 1. The summed E-state index contributed by atoms with van der Waals surface area (Å²) in [6.45, 7) is 3.92. The summed E-state index contributed by atoms with van der Waals surface area (Å²) in [5, 5.41) is 12.4. The predicted molar refractivity (Wildman–Crippen MR) is 76.2 cm³/mol. The summed E-state index contributed by atoms with van der Waals surface area (Å²) in [5.41, 5.74) is 0.138. The average molecular weight is 315 g/mol. The Kier molecular flexibility index (Phi) is 4.38. The van der Waals surface area contributed by atoms with Gasteiger partial charge in [-0.15, -0.1) is 0 Å². The molecule has 2 N–H and O–H groups in total. The molecule has 1 unspecified atom stereocenters. The summed E-state index contributed by atoms with van der Waals surface area (Å²) in [6.07, 6.45) is 6.14. The summed E-state index contributed by atoms with van der Waals surface area (Å²) < 4.78 is 28.4. The number of hydrogen-bond donors (Lipinski definition) is 2. The molecule has 0 aromatic carbocycles. The number of carbonyl (C=O) groups is 1. The van der Waals surface area contributed by atoms with Gasteiger partial charge in [-0.1, -0.05) is 20.3 Å². The van der Waals surface area contributed by atoms with Crippen LogP contribution in [0.15, 0.2) is 17.3 Å². The molecule has 2 rings (SSSR count). The number of rotatable bonds is 5. The Morgan fingerprint density at radius 1 is 1.57 bits per heavy atom. The minimum absolute atomic E-state index is 0.00660. The van der Waals surface area contributed by atoms with E-state index < -0.39 is 16.0 Å². The lowest BCUT2D eigenvalue weighted by Gasteiger charge is -2.35. The molecule has 21 heavy (non-hydrogen) atoms. The molecule has 0 spiro atoms. The van der Waals surface area contributed by atoms with Crippen LogP contribution in [0.2, 0.25) is 0 Å². The van der Waals surface area contributed by atoms with Crippen molar-refractivity contribution in [2.75, 3.05) is 0 Å². The number of carboxylic acid groups (broad SMARTS) is 1. The lowest BCUT2D eigenvalue weighted by Crippen LogP contribution is -2.40. The minimum Gasteiger partial charge on any atom is -0.480 e. The first kappa shape index (κ1) is 16.0. The number of sulfonamides is 1. The van der Waals surface area contributed by atoms with Gasteiger partial charge in [0.05, 0.1) is 6.20 Å². The first-order chi connectivity index (χ1) is 9.68. The number of hydrogen-bond acceptors (Lipinski definition) is 4. The summed E-state index contributed by atoms with van der Waals surface area (Å²) in [4.78, 5) is 10.6. The SMILES string of the molecule is CC1(C)CCCC(NS(=O)(=O)c2cnn(CC(=O)O)c2)C1. The molecular weight excluding hydrogens is 294 g/mol. The fourth-order valence-corrected chi connectivity index (χ4v) is 4.02. The second kappa shape index (κ2) is 5.76. The van der Waals surface area contributed by atoms with Gasteiger partial charge in [0.15, 0.2) is 0 Å². The Morgan fingerprint density at radius 2 is 2.29 bits per heavy atom. The standard InChI is InChI=1S/C13H21N3O4S/c1-13(2)5-3-4-10(6-13)15-21(19,20)11-7-14-16(8-11)9-12(17)18/h7-8,10,15H,3-6,9H2,1-2H3,(H,17,18). The second-order valence-corrected chi connectivity index (χ2v) is 8.06. The molecule has 0 radical (unpaired) electrons. The van der Waals surface area contributed by atoms with Crippen LogP contribution in [0.4, 0.5) is 0 Å². The van der Waals surface area contributed by atoms with Crippen molar-refractivity contribution in [2.24, 2.45) is 5.41 Å². The summed E-state index contributed by atoms with van der Waals surface area (Å²) >= 11 is 0. The van der Waals surface area contributed by atoms with Gasteiger partial charge < -0.3 is 5.11 Å². The summed E-state index contributed by atoms with van der Waals surface area (Å²) in [5.74, 6) is -1.07. The van der Waals surface area contributed by atoms with Crippen molar-refractivity contribution < 1.29 is 18.3 Å². The van der Waals surface area contributed by atoms with Crippen molar-refractivity contribution in [1.82, 2.24) is 14.5 Å². The molecular formula is C13H21N3O4S. The van der Waals surface area contributed by atoms with Gasteiger partial charge in [0, 0.05) is 12.2 Å². The molecule has 1 heterocycles. The molecule has 1 saturated carbocycles. The zero-order valence-corrected chi connectivity index (χ0v) is 13.1. The van der Waals surface area contributed by atoms with Crippen LogP contribution in [-0.2, 0) is 21.4 Å². The number of aromatic nitrogens is 2. The van der Waals surface area contributed by atoms with Crippen LogP contribution in [0.3, 0.4) is 0 Å². The van der Waals surface area contributed by atoms with E-state index in [1.807, 2.05) is 0 Å². The highest BCUT2D eigenvalue weighted by atomic mass is 32.2. The van der Waals surface area contributed by atoms with Crippen molar-refractivity contribution >= 4 is 16.0 Å². The predicted octanol–water partition coefficient (Wildman–Crippen LogP) is 1.21. The highest BCUT2D eigenvalue weighted by molar-refractivity contribution is 7.89. The zero-order chi connectivity index (χ0) is 15.7. The lowest BCUT2D eigenvalue weighted by molar-refractivity contribution is -0.137. The Labute approximate surface area is 124 Å². The monoisotopic (exact) mass is 315 g/mol. The molecule has 0 aliphatic heterocycles. The summed E-state index contributed by atoms with van der Waals surface area (Å²) in [6, 6.07) is -0.0819. The molecule has 1 aromatic heterocycles. The van der Waals surface area contributed by atoms with E-state index in [-0.39, 0.29) is 22.9 Å². The lowest BCUT2D eigenvalue weighted by atomic mass is 9.75. The Hall–Kier alpha value is -1.41. The highest BCUT2D eigenvalue weighted by Gasteiger charge is 2.31. The third kappa shape index (κ3) is 4.28. The van der Waals surface area contributed by atoms with Crippen molar-refractivity contribution in [3.05, 3.63) is 12.4 Å². The Morgan fingerprint density at radius 3 is 2.90 bits per heavy atom. The first-order valence-electron chi connectivity index (χ1n) is 6.95. The first-order valence-corrected chi connectivity index (χ1v) is 8.43. The van der Waals surface area contributed by atoms with Gasteiger partial charge in [-0.05, 0) is 24.7 Å². The van der Waals surface area contributed by atoms with E-state index in [4.69, 9.17) is 5.11 Å². The third-order valence-electron chi connectivity index (χ3n) is 3.74. The molecule has 1 fully saturated rings. The van der Waals surface area contributed by atoms with Crippen molar-refractivity contribution in [2.45, 2.75) is 57.0 Å². The maximum Gasteiger partial charge on any atom is 0.325 e. The van der Waals surface area contributed by atoms with Crippen LogP contribution < -0.4 is 4.72 Å². The number of aliphatic carboxylic acids is 1. The van der Waals surface area contributed by atoms with E-state index in [9.17, 15) is 13.2 Å². The molecule has 8 heteroatoms. The number of nitrogens with one attached hydrogen (secondary N) is 1. The van der Waals surface area contributed by atoms with Gasteiger partial charge >= 0.3 is 5.97 Å². The third-order valence-corrected chi connectivity index (χ3v) is 5.22.